The fraction of sp³-hybridized carbons (Fsp3) is 0.364. The number of ketones is 1. The Morgan fingerprint density at radius 1 is 1.21 bits per heavy atom. The number of carbonyl (C=O) groups excluding carboxylic acids is 2. The number of carbonyl (C=O) groups is 2. The number of benzene rings is 2. The summed E-state index contributed by atoms with van der Waals surface area (Å²) in [6, 6.07) is 5.69. The van der Waals surface area contributed by atoms with Crippen LogP contribution in [-0.4, -0.2) is 63.7 Å². The lowest BCUT2D eigenvalue weighted by Crippen LogP contribution is -2.47. The van der Waals surface area contributed by atoms with Crippen LogP contribution in [0.5, 0.6) is 5.75 Å². The number of nitrogens with zero attached hydrogens (tertiary/aromatic N) is 1. The third-order valence-corrected chi connectivity index (χ3v) is 6.50. The normalized spacial score (nSPS) is 16.5. The second-order valence-corrected chi connectivity index (χ2v) is 9.94. The Balaban J connectivity index is 1.68. The molecule has 2 aromatic carbocycles. The highest BCUT2D eigenvalue weighted by Gasteiger charge is 2.28. The van der Waals surface area contributed by atoms with Crippen molar-refractivity contribution in [2.45, 2.75) is 24.3 Å². The molecule has 1 saturated heterocycles. The van der Waals surface area contributed by atoms with Gasteiger partial charge in [0.25, 0.3) is 5.91 Å². The van der Waals surface area contributed by atoms with Crippen LogP contribution >= 0.6 is 11.6 Å². The van der Waals surface area contributed by atoms with E-state index in [1.54, 1.807) is 6.92 Å². The summed E-state index contributed by atoms with van der Waals surface area (Å²) < 4.78 is 62.7. The minimum Gasteiger partial charge on any atom is -0.485 e. The summed E-state index contributed by atoms with van der Waals surface area (Å²) in [6.45, 7) is 1.82. The Kier molecular flexibility index (Phi) is 7.71. The fourth-order valence-corrected chi connectivity index (χ4v) is 4.29. The molecule has 0 saturated carbocycles. The minimum absolute atomic E-state index is 0.00641. The van der Waals surface area contributed by atoms with E-state index in [4.69, 9.17) is 21.1 Å². The van der Waals surface area contributed by atoms with Crippen LogP contribution in [0.1, 0.15) is 34.1 Å². The Bertz CT molecular complexity index is 1160. The van der Waals surface area contributed by atoms with E-state index >= 15 is 0 Å². The molecule has 33 heavy (non-hydrogen) atoms. The first kappa shape index (κ1) is 25.1. The summed E-state index contributed by atoms with van der Waals surface area (Å²) in [5.41, 5.74) is 0.0446. The maximum Gasteiger partial charge on any atom is 0.255 e. The van der Waals surface area contributed by atoms with E-state index in [2.05, 4.69) is 0 Å². The van der Waals surface area contributed by atoms with Crippen LogP contribution in [0.3, 0.4) is 0 Å². The Labute approximate surface area is 195 Å². The molecular weight excluding hydrogens is 480 g/mol. The molecule has 178 valence electrons. The first-order chi connectivity index (χ1) is 15.5. The molecule has 1 amide bonds. The topological polar surface area (TPSA) is 90.0 Å². The molecule has 1 aliphatic rings. The van der Waals surface area contributed by atoms with Crippen LogP contribution in [0.4, 0.5) is 8.78 Å². The van der Waals surface area contributed by atoms with Gasteiger partial charge in [0.15, 0.2) is 33.0 Å². The van der Waals surface area contributed by atoms with Crippen molar-refractivity contribution >= 4 is 33.1 Å². The third-order valence-electron chi connectivity index (χ3n) is 5.08. The highest BCUT2D eigenvalue weighted by Crippen LogP contribution is 2.26. The van der Waals surface area contributed by atoms with E-state index in [1.165, 1.54) is 23.1 Å². The predicted molar refractivity (Wildman–Crippen MR) is 117 cm³/mol. The molecule has 2 aromatic rings. The highest BCUT2D eigenvalue weighted by molar-refractivity contribution is 7.90. The van der Waals surface area contributed by atoms with Gasteiger partial charge in [0.1, 0.15) is 12.7 Å². The summed E-state index contributed by atoms with van der Waals surface area (Å²) in [5, 5.41) is -0.00641. The largest absolute Gasteiger partial charge is 0.485 e. The van der Waals surface area contributed by atoms with Crippen molar-refractivity contribution in [3.8, 4) is 5.75 Å². The smallest absolute Gasteiger partial charge is 0.255 e. The molecule has 3 rings (SSSR count). The quantitative estimate of drug-likeness (QED) is 0.539. The Hall–Kier alpha value is -2.56. The van der Waals surface area contributed by atoms with Gasteiger partial charge in [-0.2, -0.15) is 0 Å². The number of amides is 1. The van der Waals surface area contributed by atoms with Gasteiger partial charge in [-0.25, -0.2) is 17.2 Å². The molecule has 1 unspecified atom stereocenters. The first-order valence-corrected chi connectivity index (χ1v) is 12.3. The lowest BCUT2D eigenvalue weighted by atomic mass is 10.1. The average Bonchev–Trinajstić information content (AvgIpc) is 2.77. The van der Waals surface area contributed by atoms with Gasteiger partial charge in [0.05, 0.1) is 28.6 Å². The van der Waals surface area contributed by atoms with E-state index in [-0.39, 0.29) is 53.8 Å². The number of halogens is 3. The molecule has 1 atom stereocenters. The van der Waals surface area contributed by atoms with Gasteiger partial charge in [0, 0.05) is 24.8 Å². The van der Waals surface area contributed by atoms with Gasteiger partial charge in [-0.05, 0) is 30.3 Å². The fourth-order valence-electron chi connectivity index (χ4n) is 3.31. The van der Waals surface area contributed by atoms with Gasteiger partial charge in [-0.15, -0.1) is 0 Å². The van der Waals surface area contributed by atoms with Crippen LogP contribution in [0.25, 0.3) is 0 Å². The second-order valence-electron chi connectivity index (χ2n) is 7.51. The second kappa shape index (κ2) is 10.1. The molecule has 0 bridgehead atoms. The summed E-state index contributed by atoms with van der Waals surface area (Å²) in [4.78, 5) is 26.0. The van der Waals surface area contributed by atoms with E-state index in [9.17, 15) is 26.8 Å². The molecule has 0 aromatic heterocycles. The van der Waals surface area contributed by atoms with Crippen molar-refractivity contribution in [2.24, 2.45) is 0 Å². The molecule has 1 fully saturated rings. The van der Waals surface area contributed by atoms with Crippen LogP contribution in [0, 0.1) is 11.6 Å². The molecule has 0 aliphatic carbocycles. The Morgan fingerprint density at radius 2 is 1.88 bits per heavy atom. The predicted octanol–water partition coefficient (Wildman–Crippen LogP) is 3.53. The van der Waals surface area contributed by atoms with Crippen LogP contribution in [0.15, 0.2) is 35.2 Å². The zero-order valence-electron chi connectivity index (χ0n) is 17.9. The molecule has 7 nitrogen and oxygen atoms in total. The van der Waals surface area contributed by atoms with Crippen LogP contribution in [0.2, 0.25) is 5.02 Å². The average molecular weight is 502 g/mol. The van der Waals surface area contributed by atoms with Crippen molar-refractivity contribution < 1.29 is 36.3 Å². The van der Waals surface area contributed by atoms with Crippen molar-refractivity contribution in [1.82, 2.24) is 4.90 Å². The van der Waals surface area contributed by atoms with Crippen molar-refractivity contribution in [3.63, 3.8) is 0 Å². The standard InChI is InChI=1S/C22H22ClF2NO6S/c1-3-20(27)13-8-18(24)21(19(25)9-13)32-12-14-11-26(6-7-31-14)22(28)16-5-4-15(10-17(16)23)33(2,29)30/h4-5,8-10,14H,3,6-7,11-12H2,1-2H3. The molecule has 0 spiro atoms. The maximum atomic E-state index is 14.3. The van der Waals surface area contributed by atoms with Crippen molar-refractivity contribution in [1.29, 1.82) is 0 Å². The van der Waals surface area contributed by atoms with Gasteiger partial charge < -0.3 is 14.4 Å². The summed E-state index contributed by atoms with van der Waals surface area (Å²) in [6.07, 6.45) is 0.473. The van der Waals surface area contributed by atoms with Gasteiger partial charge in [-0.1, -0.05) is 18.5 Å². The van der Waals surface area contributed by atoms with Crippen LogP contribution < -0.4 is 4.74 Å². The van der Waals surface area contributed by atoms with Crippen LogP contribution in [-0.2, 0) is 14.6 Å². The van der Waals surface area contributed by atoms with Gasteiger partial charge in [-0.3, -0.25) is 9.59 Å². The maximum absolute atomic E-state index is 14.3. The van der Waals surface area contributed by atoms with E-state index in [0.717, 1.165) is 18.4 Å². The molecular formula is C22H22ClF2NO6S. The lowest BCUT2D eigenvalue weighted by molar-refractivity contribution is -0.0410. The number of hydrogen-bond acceptors (Lipinski definition) is 6. The SMILES string of the molecule is CCC(=O)c1cc(F)c(OCC2CN(C(=O)c3ccc(S(C)(=O)=O)cc3Cl)CCO2)c(F)c1. The van der Waals surface area contributed by atoms with Gasteiger partial charge in [0.2, 0.25) is 0 Å². The van der Waals surface area contributed by atoms with E-state index < -0.39 is 45.0 Å². The number of sulfone groups is 1. The molecule has 0 radical (unpaired) electrons. The first-order valence-electron chi connectivity index (χ1n) is 10.1. The lowest BCUT2D eigenvalue weighted by Gasteiger charge is -2.33. The number of rotatable bonds is 7. The minimum atomic E-state index is -3.48. The van der Waals surface area contributed by atoms with Crippen molar-refractivity contribution in [2.75, 3.05) is 32.6 Å². The highest BCUT2D eigenvalue weighted by atomic mass is 35.5. The molecule has 1 aliphatic heterocycles. The zero-order valence-corrected chi connectivity index (χ0v) is 19.5. The molecule has 0 N–H and O–H groups in total. The number of morpholine rings is 1. The summed E-state index contributed by atoms with van der Waals surface area (Å²) in [5.74, 6) is -3.48. The van der Waals surface area contributed by atoms with Crippen molar-refractivity contribution in [3.05, 3.63) is 58.1 Å². The molecule has 1 heterocycles. The zero-order chi connectivity index (χ0) is 24.3. The van der Waals surface area contributed by atoms with E-state index in [1.807, 2.05) is 0 Å². The summed E-state index contributed by atoms with van der Waals surface area (Å²) in [7, 11) is -3.48. The monoisotopic (exact) mass is 501 g/mol. The molecule has 11 heteroatoms. The third kappa shape index (κ3) is 5.87. The summed E-state index contributed by atoms with van der Waals surface area (Å²) >= 11 is 6.13. The number of Topliss-reactive ketones (excluding diaryl/α,β-unsaturated/α-hetero) is 1. The van der Waals surface area contributed by atoms with Gasteiger partial charge >= 0.3 is 0 Å². The number of ether oxygens (including phenoxy) is 2. The van der Waals surface area contributed by atoms with E-state index in [0.29, 0.717) is 0 Å². The number of hydrogen-bond donors (Lipinski definition) is 0. The Morgan fingerprint density at radius 3 is 2.45 bits per heavy atom.